The van der Waals surface area contributed by atoms with Gasteiger partial charge in [0.25, 0.3) is 12.3 Å². The zero-order valence-electron chi connectivity index (χ0n) is 23.4. The molecule has 1 N–H and O–H groups in total. The second kappa shape index (κ2) is 11.8. The Balaban J connectivity index is 1.16. The minimum atomic E-state index is -2.89. The largest absolute Gasteiger partial charge is 0.349 e. The molecule has 1 aliphatic carbocycles. The number of nitrogens with one attached hydrogen (secondary N) is 1. The number of amides is 3. The maximum Gasteiger partial charge on any atom is 0.334 e. The van der Waals surface area contributed by atoms with Gasteiger partial charge < -0.3 is 10.2 Å². The molecule has 4 aromatic rings. The Labute approximate surface area is 250 Å². The maximum atomic E-state index is 13.8. The second-order valence-corrected chi connectivity index (χ2v) is 11.5. The number of urea groups is 1. The number of pyridine rings is 2. The Morgan fingerprint density at radius 1 is 1.02 bits per heavy atom. The van der Waals surface area contributed by atoms with Gasteiger partial charge in [0.1, 0.15) is 11.5 Å². The summed E-state index contributed by atoms with van der Waals surface area (Å²) in [5, 5.41) is 2.97. The van der Waals surface area contributed by atoms with E-state index in [1.54, 1.807) is 44.3 Å². The predicted molar refractivity (Wildman–Crippen MR) is 158 cm³/mol. The van der Waals surface area contributed by atoms with Gasteiger partial charge in [-0.15, -0.1) is 0 Å². The van der Waals surface area contributed by atoms with Gasteiger partial charge in [-0.25, -0.2) is 27.9 Å². The number of carbonyl (C=O) groups is 2. The number of nitrogens with zero attached hydrogens (tertiary/aromatic N) is 6. The molecule has 0 unspecified atom stereocenters. The number of aromatic nitrogens is 4. The zero-order chi connectivity index (χ0) is 30.2. The first kappa shape index (κ1) is 28.8. The van der Waals surface area contributed by atoms with E-state index in [0.29, 0.717) is 44.0 Å². The maximum absolute atomic E-state index is 13.8. The summed E-state index contributed by atoms with van der Waals surface area (Å²) >= 11 is 5.91. The van der Waals surface area contributed by atoms with Crippen molar-refractivity contribution in [3.05, 3.63) is 81.6 Å². The summed E-state index contributed by atoms with van der Waals surface area (Å²) in [4.78, 5) is 50.4. The number of likely N-dealkylation sites (N-methyl/N-ethyl adjacent to an activating group) is 1. The van der Waals surface area contributed by atoms with Gasteiger partial charge in [0.15, 0.2) is 0 Å². The quantitative estimate of drug-likeness (QED) is 0.316. The summed E-state index contributed by atoms with van der Waals surface area (Å²) < 4.78 is 30.1. The van der Waals surface area contributed by atoms with Crippen LogP contribution in [0.3, 0.4) is 0 Å². The van der Waals surface area contributed by atoms with Crippen molar-refractivity contribution < 1.29 is 18.4 Å². The SMILES string of the molecule is CN1CCN(c2ccc(-n3c(=O)n(CC4CCC(NC(=O)c5cc(Cl)cnc5C(F)F)CC4)c4ccccc43)nc2)C1=O. The number of imidazole rings is 1. The number of carbonyl (C=O) groups excluding carboxylic acids is 2. The van der Waals surface area contributed by atoms with E-state index in [4.69, 9.17) is 11.6 Å². The van der Waals surface area contributed by atoms with E-state index in [1.165, 1.54) is 6.07 Å². The Kier molecular flexibility index (Phi) is 7.87. The third kappa shape index (κ3) is 5.58. The minimum Gasteiger partial charge on any atom is -0.349 e. The minimum absolute atomic E-state index is 0.0861. The smallest absolute Gasteiger partial charge is 0.334 e. The van der Waals surface area contributed by atoms with Gasteiger partial charge in [-0.3, -0.25) is 19.2 Å². The molecular formula is C30H30ClF2N7O3. The molecule has 3 aromatic heterocycles. The lowest BCUT2D eigenvalue weighted by molar-refractivity contribution is 0.0904. The van der Waals surface area contributed by atoms with Gasteiger partial charge >= 0.3 is 11.7 Å². The van der Waals surface area contributed by atoms with E-state index in [9.17, 15) is 23.2 Å². The summed E-state index contributed by atoms with van der Waals surface area (Å²) in [6.07, 6.45) is 2.62. The number of halogens is 3. The highest BCUT2D eigenvalue weighted by Crippen LogP contribution is 2.29. The van der Waals surface area contributed by atoms with Crippen LogP contribution in [-0.2, 0) is 6.54 Å². The Bertz CT molecular complexity index is 1730. The molecule has 2 fully saturated rings. The lowest BCUT2D eigenvalue weighted by atomic mass is 9.85. The molecule has 0 spiro atoms. The highest BCUT2D eigenvalue weighted by Gasteiger charge is 2.29. The number of rotatable bonds is 7. The lowest BCUT2D eigenvalue weighted by Gasteiger charge is -2.29. The van der Waals surface area contributed by atoms with Crippen LogP contribution < -0.4 is 15.9 Å². The third-order valence-corrected chi connectivity index (χ3v) is 8.49. The molecular weight excluding hydrogens is 580 g/mol. The van der Waals surface area contributed by atoms with Gasteiger partial charge in [0.2, 0.25) is 0 Å². The molecule has 0 atom stereocenters. The first-order valence-corrected chi connectivity index (χ1v) is 14.5. The number of hydrogen-bond donors (Lipinski definition) is 1. The van der Waals surface area contributed by atoms with Crippen LogP contribution in [0.25, 0.3) is 16.9 Å². The van der Waals surface area contributed by atoms with E-state index in [0.717, 1.165) is 30.1 Å². The molecule has 3 amide bonds. The fourth-order valence-electron chi connectivity index (χ4n) is 5.98. The topological polar surface area (TPSA) is 105 Å². The fraction of sp³-hybridized carbons (Fsp3) is 0.367. The summed E-state index contributed by atoms with van der Waals surface area (Å²) in [5.41, 5.74) is 1.18. The summed E-state index contributed by atoms with van der Waals surface area (Å²) in [7, 11) is 1.76. The van der Waals surface area contributed by atoms with Crippen LogP contribution in [0.1, 0.15) is 48.2 Å². The van der Waals surface area contributed by atoms with Gasteiger partial charge in [-0.2, -0.15) is 0 Å². The van der Waals surface area contributed by atoms with Gasteiger partial charge in [0.05, 0.1) is 33.5 Å². The molecule has 0 radical (unpaired) electrons. The van der Waals surface area contributed by atoms with Crippen LogP contribution in [0.15, 0.2) is 59.7 Å². The van der Waals surface area contributed by atoms with E-state index in [1.807, 2.05) is 24.3 Å². The first-order chi connectivity index (χ1) is 20.7. The van der Waals surface area contributed by atoms with E-state index >= 15 is 0 Å². The van der Waals surface area contributed by atoms with Crippen molar-refractivity contribution in [3.63, 3.8) is 0 Å². The van der Waals surface area contributed by atoms with Gasteiger partial charge in [-0.1, -0.05) is 23.7 Å². The van der Waals surface area contributed by atoms with E-state index in [-0.39, 0.29) is 34.3 Å². The predicted octanol–water partition coefficient (Wildman–Crippen LogP) is 5.03. The average molecular weight is 610 g/mol. The van der Waals surface area contributed by atoms with Crippen LogP contribution >= 0.6 is 11.6 Å². The van der Waals surface area contributed by atoms with Gasteiger partial charge in [0, 0.05) is 38.9 Å². The van der Waals surface area contributed by atoms with Crippen molar-refractivity contribution in [2.24, 2.45) is 5.92 Å². The second-order valence-electron chi connectivity index (χ2n) is 11.0. The molecule has 1 aromatic carbocycles. The molecule has 4 heterocycles. The van der Waals surface area contributed by atoms with Crippen LogP contribution in [0.2, 0.25) is 5.02 Å². The lowest BCUT2D eigenvalue weighted by Crippen LogP contribution is -2.39. The highest BCUT2D eigenvalue weighted by molar-refractivity contribution is 6.30. The summed E-state index contributed by atoms with van der Waals surface area (Å²) in [5.74, 6) is 0.0320. The van der Waals surface area contributed by atoms with Crippen molar-refractivity contribution in [2.45, 2.75) is 44.7 Å². The van der Waals surface area contributed by atoms with Crippen molar-refractivity contribution in [2.75, 3.05) is 25.0 Å². The molecule has 43 heavy (non-hydrogen) atoms. The summed E-state index contributed by atoms with van der Waals surface area (Å²) in [6, 6.07) is 12.1. The molecule has 1 aliphatic heterocycles. The molecule has 1 saturated heterocycles. The van der Waals surface area contributed by atoms with Crippen molar-refractivity contribution in [3.8, 4) is 5.82 Å². The molecule has 1 saturated carbocycles. The van der Waals surface area contributed by atoms with Crippen LogP contribution in [-0.4, -0.2) is 62.1 Å². The van der Waals surface area contributed by atoms with Gasteiger partial charge in [-0.05, 0) is 61.9 Å². The normalized spacial score (nSPS) is 19.0. The first-order valence-electron chi connectivity index (χ1n) is 14.1. The molecule has 6 rings (SSSR count). The number of benzene rings is 1. The van der Waals surface area contributed by atoms with E-state index < -0.39 is 18.0 Å². The number of anilines is 1. The molecule has 10 nitrogen and oxygen atoms in total. The molecule has 13 heteroatoms. The number of para-hydroxylation sites is 2. The number of alkyl halides is 2. The van der Waals surface area contributed by atoms with Crippen LogP contribution in [0, 0.1) is 5.92 Å². The molecule has 0 bridgehead atoms. The number of fused-ring (bicyclic) bond motifs is 1. The number of hydrogen-bond acceptors (Lipinski definition) is 5. The monoisotopic (exact) mass is 609 g/mol. The van der Waals surface area contributed by atoms with Crippen molar-refractivity contribution in [1.29, 1.82) is 0 Å². The average Bonchev–Trinajstić information content (AvgIpc) is 3.48. The molecule has 224 valence electrons. The third-order valence-electron chi connectivity index (χ3n) is 8.28. The van der Waals surface area contributed by atoms with E-state index in [2.05, 4.69) is 15.3 Å². The fourth-order valence-corrected chi connectivity index (χ4v) is 6.14. The van der Waals surface area contributed by atoms with Crippen LogP contribution in [0.4, 0.5) is 19.3 Å². The molecule has 2 aliphatic rings. The Morgan fingerprint density at radius 2 is 1.77 bits per heavy atom. The summed E-state index contributed by atoms with van der Waals surface area (Å²) in [6.45, 7) is 1.71. The van der Waals surface area contributed by atoms with Crippen molar-refractivity contribution >= 4 is 40.3 Å². The highest BCUT2D eigenvalue weighted by atomic mass is 35.5. The Morgan fingerprint density at radius 3 is 2.42 bits per heavy atom. The standard InChI is InChI=1S/C30H30ClF2N7O3/c1-37-12-13-38(29(37)42)21-10-11-25(34-16-21)40-24-5-3-2-4-23(24)39(30(40)43)17-18-6-8-20(9-7-18)36-28(41)22-14-19(31)15-35-26(22)27(32)33/h2-5,10-11,14-16,18,20,27H,6-9,12-13,17H2,1H3,(H,36,41). The van der Waals surface area contributed by atoms with Crippen molar-refractivity contribution in [1.82, 2.24) is 29.3 Å². The zero-order valence-corrected chi connectivity index (χ0v) is 24.2. The van der Waals surface area contributed by atoms with Crippen LogP contribution in [0.5, 0.6) is 0 Å². The Hall–Kier alpha value is -4.32.